The van der Waals surface area contributed by atoms with Gasteiger partial charge in [-0.05, 0) is 48.2 Å². The molecule has 0 atom stereocenters. The Bertz CT molecular complexity index is 1090. The number of methoxy groups -OCH3 is 1. The standard InChI is InChI=1S/C28H37N5O2S/c1-3-4-5-7-22-10-12-24(13-11-22)27(34)29-14-15-32-16-18-33(19-17-32)28-30-26(31-36-28)21-23-8-6-9-25(20-23)35-2/h6,8-13,20H,3-5,7,14-19,21H2,1-2H3,(H,29,34). The van der Waals surface area contributed by atoms with Gasteiger partial charge in [-0.15, -0.1) is 0 Å². The fraction of sp³-hybridized carbons (Fsp3) is 0.464. The second-order valence-corrected chi connectivity index (χ2v) is 9.99. The predicted octanol–water partition coefficient (Wildman–Crippen LogP) is 4.42. The molecule has 1 saturated heterocycles. The number of piperazine rings is 1. The molecule has 2 heterocycles. The Hall–Kier alpha value is -2.97. The highest BCUT2D eigenvalue weighted by molar-refractivity contribution is 7.09. The van der Waals surface area contributed by atoms with E-state index in [-0.39, 0.29) is 5.91 Å². The van der Waals surface area contributed by atoms with Crippen molar-refractivity contribution in [2.75, 3.05) is 51.3 Å². The highest BCUT2D eigenvalue weighted by Gasteiger charge is 2.20. The van der Waals surface area contributed by atoms with Crippen molar-refractivity contribution in [2.45, 2.75) is 39.0 Å². The van der Waals surface area contributed by atoms with E-state index in [0.717, 1.165) is 67.0 Å². The lowest BCUT2D eigenvalue weighted by atomic mass is 10.1. The van der Waals surface area contributed by atoms with Gasteiger partial charge in [-0.1, -0.05) is 44.0 Å². The van der Waals surface area contributed by atoms with Crippen molar-refractivity contribution < 1.29 is 9.53 Å². The smallest absolute Gasteiger partial charge is 0.251 e. The average molecular weight is 508 g/mol. The molecule has 1 aliphatic rings. The fourth-order valence-electron chi connectivity index (χ4n) is 4.40. The summed E-state index contributed by atoms with van der Waals surface area (Å²) < 4.78 is 9.88. The Labute approximate surface area is 218 Å². The molecule has 1 aromatic heterocycles. The molecule has 8 heteroatoms. The molecule has 3 aromatic rings. The number of anilines is 1. The van der Waals surface area contributed by atoms with E-state index in [9.17, 15) is 4.79 Å². The zero-order valence-electron chi connectivity index (χ0n) is 21.4. The molecule has 1 N–H and O–H groups in total. The number of nitrogens with one attached hydrogen (secondary N) is 1. The molecule has 7 nitrogen and oxygen atoms in total. The van der Waals surface area contributed by atoms with Crippen LogP contribution in [0, 0.1) is 0 Å². The third-order valence-corrected chi connectivity index (χ3v) is 7.41. The molecular weight excluding hydrogens is 470 g/mol. The summed E-state index contributed by atoms with van der Waals surface area (Å²) in [7, 11) is 1.68. The molecule has 1 amide bonds. The van der Waals surface area contributed by atoms with Crippen LogP contribution < -0.4 is 15.0 Å². The summed E-state index contributed by atoms with van der Waals surface area (Å²) in [5.41, 5.74) is 3.19. The third kappa shape index (κ3) is 7.51. The minimum atomic E-state index is 0.00571. The van der Waals surface area contributed by atoms with Crippen LogP contribution in [-0.2, 0) is 12.8 Å². The molecule has 1 aliphatic heterocycles. The molecule has 1 fully saturated rings. The van der Waals surface area contributed by atoms with Crippen molar-refractivity contribution >= 4 is 22.6 Å². The highest BCUT2D eigenvalue weighted by Crippen LogP contribution is 2.21. The van der Waals surface area contributed by atoms with Gasteiger partial charge in [0.1, 0.15) is 11.6 Å². The van der Waals surface area contributed by atoms with Crippen LogP contribution in [0.15, 0.2) is 48.5 Å². The van der Waals surface area contributed by atoms with Crippen molar-refractivity contribution in [3.63, 3.8) is 0 Å². The molecule has 0 bridgehead atoms. The van der Waals surface area contributed by atoms with E-state index in [1.54, 1.807) is 7.11 Å². The largest absolute Gasteiger partial charge is 0.497 e. The van der Waals surface area contributed by atoms with E-state index >= 15 is 0 Å². The monoisotopic (exact) mass is 507 g/mol. The summed E-state index contributed by atoms with van der Waals surface area (Å²) in [6.07, 6.45) is 5.47. The number of aryl methyl sites for hydroxylation is 1. The second-order valence-electron chi connectivity index (χ2n) is 9.26. The van der Waals surface area contributed by atoms with Gasteiger partial charge in [0.05, 0.1) is 7.11 Å². The maximum absolute atomic E-state index is 12.5. The number of hydrogen-bond acceptors (Lipinski definition) is 7. The van der Waals surface area contributed by atoms with E-state index in [1.807, 2.05) is 30.3 Å². The molecule has 192 valence electrons. The quantitative estimate of drug-likeness (QED) is 0.366. The van der Waals surface area contributed by atoms with Crippen LogP contribution in [-0.4, -0.2) is 66.5 Å². The van der Waals surface area contributed by atoms with Crippen molar-refractivity contribution in [3.05, 3.63) is 71.0 Å². The lowest BCUT2D eigenvalue weighted by molar-refractivity contribution is 0.0947. The first-order chi connectivity index (χ1) is 17.6. The summed E-state index contributed by atoms with van der Waals surface area (Å²) in [4.78, 5) is 22.0. The van der Waals surface area contributed by atoms with Gasteiger partial charge in [0.15, 0.2) is 0 Å². The summed E-state index contributed by atoms with van der Waals surface area (Å²) in [6, 6.07) is 16.1. The van der Waals surface area contributed by atoms with E-state index in [1.165, 1.54) is 36.4 Å². The van der Waals surface area contributed by atoms with Gasteiger partial charge in [-0.25, -0.2) is 4.98 Å². The predicted molar refractivity (Wildman–Crippen MR) is 146 cm³/mol. The van der Waals surface area contributed by atoms with Crippen LogP contribution in [0.1, 0.15) is 53.5 Å². The van der Waals surface area contributed by atoms with Crippen LogP contribution in [0.3, 0.4) is 0 Å². The number of carbonyl (C=O) groups excluding carboxylic acids is 1. The first-order valence-corrected chi connectivity index (χ1v) is 13.7. The molecule has 0 spiro atoms. The fourth-order valence-corrected chi connectivity index (χ4v) is 5.14. The van der Waals surface area contributed by atoms with Gasteiger partial charge in [-0.3, -0.25) is 9.69 Å². The molecule has 4 rings (SSSR count). The number of ether oxygens (including phenoxy) is 1. The third-order valence-electron chi connectivity index (χ3n) is 6.60. The Morgan fingerprint density at radius 2 is 1.86 bits per heavy atom. The van der Waals surface area contributed by atoms with E-state index in [0.29, 0.717) is 13.0 Å². The van der Waals surface area contributed by atoms with Gasteiger partial charge in [-0.2, -0.15) is 4.37 Å². The molecule has 0 unspecified atom stereocenters. The van der Waals surface area contributed by atoms with Crippen LogP contribution in [0.25, 0.3) is 0 Å². The normalized spacial score (nSPS) is 14.1. The SMILES string of the molecule is CCCCCc1ccc(C(=O)NCCN2CCN(c3nc(Cc4cccc(OC)c4)ns3)CC2)cc1. The van der Waals surface area contributed by atoms with Crippen molar-refractivity contribution in [1.29, 1.82) is 0 Å². The minimum Gasteiger partial charge on any atom is -0.497 e. The number of benzene rings is 2. The van der Waals surface area contributed by atoms with Gasteiger partial charge in [0.25, 0.3) is 5.91 Å². The first-order valence-electron chi connectivity index (χ1n) is 12.9. The van der Waals surface area contributed by atoms with Gasteiger partial charge in [0, 0.05) is 62.8 Å². The topological polar surface area (TPSA) is 70.6 Å². The Kier molecular flexibility index (Phi) is 9.69. The lowest BCUT2D eigenvalue weighted by Gasteiger charge is -2.34. The molecule has 36 heavy (non-hydrogen) atoms. The zero-order chi connectivity index (χ0) is 25.2. The van der Waals surface area contributed by atoms with Crippen molar-refractivity contribution in [3.8, 4) is 5.75 Å². The van der Waals surface area contributed by atoms with Crippen LogP contribution in [0.5, 0.6) is 5.75 Å². The molecular formula is C28H37N5O2S. The van der Waals surface area contributed by atoms with Crippen LogP contribution >= 0.6 is 11.5 Å². The minimum absolute atomic E-state index is 0.00571. The highest BCUT2D eigenvalue weighted by atomic mass is 32.1. The number of rotatable bonds is 12. The van der Waals surface area contributed by atoms with Gasteiger partial charge in [0.2, 0.25) is 5.13 Å². The molecule has 2 aromatic carbocycles. The van der Waals surface area contributed by atoms with E-state index in [4.69, 9.17) is 9.72 Å². The van der Waals surface area contributed by atoms with Gasteiger partial charge < -0.3 is 15.0 Å². The molecule has 0 aliphatic carbocycles. The number of carbonyl (C=O) groups is 1. The number of hydrogen-bond donors (Lipinski definition) is 1. The number of unbranched alkanes of at least 4 members (excludes halogenated alkanes) is 2. The summed E-state index contributed by atoms with van der Waals surface area (Å²) in [5, 5.41) is 4.06. The van der Waals surface area contributed by atoms with Crippen LogP contribution in [0.4, 0.5) is 5.13 Å². The molecule has 0 radical (unpaired) electrons. The Morgan fingerprint density at radius 3 is 2.61 bits per heavy atom. The number of aromatic nitrogens is 2. The van der Waals surface area contributed by atoms with E-state index in [2.05, 4.69) is 44.6 Å². The van der Waals surface area contributed by atoms with Crippen molar-refractivity contribution in [2.24, 2.45) is 0 Å². The summed E-state index contributed by atoms with van der Waals surface area (Å²) >= 11 is 1.47. The van der Waals surface area contributed by atoms with E-state index < -0.39 is 0 Å². The summed E-state index contributed by atoms with van der Waals surface area (Å²) in [6.45, 7) is 7.46. The number of amides is 1. The zero-order valence-corrected chi connectivity index (χ0v) is 22.2. The maximum atomic E-state index is 12.5. The number of nitrogens with zero attached hydrogens (tertiary/aromatic N) is 4. The van der Waals surface area contributed by atoms with Gasteiger partial charge >= 0.3 is 0 Å². The van der Waals surface area contributed by atoms with Crippen LogP contribution in [0.2, 0.25) is 0 Å². The second kappa shape index (κ2) is 13.4. The Balaban J connectivity index is 1.16. The maximum Gasteiger partial charge on any atom is 0.251 e. The molecule has 0 saturated carbocycles. The Morgan fingerprint density at radius 1 is 1.06 bits per heavy atom. The summed E-state index contributed by atoms with van der Waals surface area (Å²) in [5.74, 6) is 1.71. The average Bonchev–Trinajstić information content (AvgIpc) is 3.38. The van der Waals surface area contributed by atoms with Crippen molar-refractivity contribution in [1.82, 2.24) is 19.6 Å². The lowest BCUT2D eigenvalue weighted by Crippen LogP contribution is -2.48. The first kappa shape index (κ1) is 26.1.